The van der Waals surface area contributed by atoms with Crippen LogP contribution in [0.3, 0.4) is 0 Å². The Bertz CT molecular complexity index is 372. The maximum absolute atomic E-state index is 12.7. The summed E-state index contributed by atoms with van der Waals surface area (Å²) in [6, 6.07) is 5.62. The number of hydrogen-bond donors (Lipinski definition) is 2. The van der Waals surface area contributed by atoms with Crippen LogP contribution in [0.15, 0.2) is 24.3 Å². The van der Waals surface area contributed by atoms with Gasteiger partial charge in [-0.25, -0.2) is 4.39 Å². The molecule has 17 heavy (non-hydrogen) atoms. The number of benzene rings is 1. The van der Waals surface area contributed by atoms with Crippen LogP contribution in [0.1, 0.15) is 23.2 Å². The van der Waals surface area contributed by atoms with Crippen molar-refractivity contribution in [3.05, 3.63) is 35.6 Å². The third-order valence-electron chi connectivity index (χ3n) is 3.12. The fourth-order valence-corrected chi connectivity index (χ4v) is 2.03. The highest BCUT2D eigenvalue weighted by molar-refractivity contribution is 5.94. The van der Waals surface area contributed by atoms with Gasteiger partial charge in [-0.05, 0) is 56.1 Å². The summed E-state index contributed by atoms with van der Waals surface area (Å²) in [5, 5.41) is 6.18. The second kappa shape index (κ2) is 5.77. The largest absolute Gasteiger partial charge is 0.352 e. The van der Waals surface area contributed by atoms with E-state index in [9.17, 15) is 9.18 Å². The summed E-state index contributed by atoms with van der Waals surface area (Å²) in [4.78, 5) is 11.7. The molecular formula is C13H17FN2O. The van der Waals surface area contributed by atoms with Gasteiger partial charge < -0.3 is 10.6 Å². The Morgan fingerprint density at radius 2 is 1.94 bits per heavy atom. The number of hydrogen-bond acceptors (Lipinski definition) is 2. The SMILES string of the molecule is O=C(NCC1CCNCC1)c1ccc(F)cc1. The molecule has 4 heteroatoms. The van der Waals surface area contributed by atoms with Gasteiger partial charge in [-0.15, -0.1) is 0 Å². The number of amides is 1. The molecule has 3 nitrogen and oxygen atoms in total. The number of nitrogens with one attached hydrogen (secondary N) is 2. The van der Waals surface area contributed by atoms with E-state index in [4.69, 9.17) is 0 Å². The van der Waals surface area contributed by atoms with Gasteiger partial charge in [0, 0.05) is 12.1 Å². The Morgan fingerprint density at radius 1 is 1.29 bits per heavy atom. The zero-order chi connectivity index (χ0) is 12.1. The van der Waals surface area contributed by atoms with E-state index in [0.717, 1.165) is 25.9 Å². The molecule has 1 saturated heterocycles. The second-order valence-corrected chi connectivity index (χ2v) is 4.41. The van der Waals surface area contributed by atoms with Crippen LogP contribution in [0.5, 0.6) is 0 Å². The van der Waals surface area contributed by atoms with Gasteiger partial charge in [0.2, 0.25) is 0 Å². The average Bonchev–Trinajstić information content (AvgIpc) is 2.38. The molecule has 0 saturated carbocycles. The van der Waals surface area contributed by atoms with Crippen molar-refractivity contribution in [2.24, 2.45) is 5.92 Å². The van der Waals surface area contributed by atoms with E-state index in [2.05, 4.69) is 10.6 Å². The van der Waals surface area contributed by atoms with Crippen LogP contribution in [0.25, 0.3) is 0 Å². The summed E-state index contributed by atoms with van der Waals surface area (Å²) < 4.78 is 12.7. The maximum Gasteiger partial charge on any atom is 0.251 e. The highest BCUT2D eigenvalue weighted by Gasteiger charge is 2.14. The van der Waals surface area contributed by atoms with Gasteiger partial charge in [-0.2, -0.15) is 0 Å². The monoisotopic (exact) mass is 236 g/mol. The van der Waals surface area contributed by atoms with Gasteiger partial charge in [0.15, 0.2) is 0 Å². The molecular weight excluding hydrogens is 219 g/mol. The molecule has 2 N–H and O–H groups in total. The Labute approximate surface area is 100 Å². The van der Waals surface area contributed by atoms with Crippen LogP contribution in [0.4, 0.5) is 4.39 Å². The third kappa shape index (κ3) is 3.53. The molecule has 1 heterocycles. The maximum atomic E-state index is 12.7. The van der Waals surface area contributed by atoms with E-state index in [-0.39, 0.29) is 11.7 Å². The van der Waals surface area contributed by atoms with Crippen LogP contribution in [-0.4, -0.2) is 25.5 Å². The van der Waals surface area contributed by atoms with E-state index in [1.807, 2.05) is 0 Å². The molecule has 1 amide bonds. The predicted molar refractivity (Wildman–Crippen MR) is 64.3 cm³/mol. The summed E-state index contributed by atoms with van der Waals surface area (Å²) in [5.74, 6) is 0.115. The van der Waals surface area contributed by atoms with Gasteiger partial charge in [0.05, 0.1) is 0 Å². The van der Waals surface area contributed by atoms with Crippen LogP contribution in [0.2, 0.25) is 0 Å². The van der Waals surface area contributed by atoms with Crippen molar-refractivity contribution in [1.82, 2.24) is 10.6 Å². The normalized spacial score (nSPS) is 16.8. The first kappa shape index (κ1) is 12.0. The predicted octanol–water partition coefficient (Wildman–Crippen LogP) is 1.56. The van der Waals surface area contributed by atoms with Gasteiger partial charge in [0.1, 0.15) is 5.82 Å². The van der Waals surface area contributed by atoms with Crippen LogP contribution in [0, 0.1) is 11.7 Å². The first-order chi connectivity index (χ1) is 8.25. The number of halogens is 1. The summed E-state index contributed by atoms with van der Waals surface area (Å²) in [6.07, 6.45) is 2.20. The fourth-order valence-electron chi connectivity index (χ4n) is 2.03. The topological polar surface area (TPSA) is 41.1 Å². The van der Waals surface area contributed by atoms with Crippen LogP contribution >= 0.6 is 0 Å². The molecule has 1 aliphatic heterocycles. The molecule has 92 valence electrons. The van der Waals surface area contributed by atoms with Gasteiger partial charge >= 0.3 is 0 Å². The molecule has 1 aliphatic rings. The van der Waals surface area contributed by atoms with Crippen molar-refractivity contribution in [3.63, 3.8) is 0 Å². The molecule has 0 spiro atoms. The average molecular weight is 236 g/mol. The molecule has 1 aromatic rings. The number of rotatable bonds is 3. The lowest BCUT2D eigenvalue weighted by Gasteiger charge is -2.22. The van der Waals surface area contributed by atoms with E-state index in [0.29, 0.717) is 18.0 Å². The minimum absolute atomic E-state index is 0.122. The quantitative estimate of drug-likeness (QED) is 0.836. The molecule has 0 radical (unpaired) electrons. The van der Waals surface area contributed by atoms with Crippen molar-refractivity contribution in [3.8, 4) is 0 Å². The number of piperidine rings is 1. The van der Waals surface area contributed by atoms with Crippen LogP contribution in [-0.2, 0) is 0 Å². The van der Waals surface area contributed by atoms with Gasteiger partial charge in [-0.3, -0.25) is 4.79 Å². The van der Waals surface area contributed by atoms with E-state index in [1.165, 1.54) is 24.3 Å². The number of carbonyl (C=O) groups is 1. The molecule has 0 aliphatic carbocycles. The first-order valence-corrected chi connectivity index (χ1v) is 6.00. The van der Waals surface area contributed by atoms with Gasteiger partial charge in [0.25, 0.3) is 5.91 Å². The second-order valence-electron chi connectivity index (χ2n) is 4.41. The summed E-state index contributed by atoms with van der Waals surface area (Å²) in [5.41, 5.74) is 0.514. The first-order valence-electron chi connectivity index (χ1n) is 6.00. The minimum atomic E-state index is -0.320. The zero-order valence-corrected chi connectivity index (χ0v) is 9.71. The standard InChI is InChI=1S/C13H17FN2O/c14-12-3-1-11(2-4-12)13(17)16-9-10-5-7-15-8-6-10/h1-4,10,15H,5-9H2,(H,16,17). The molecule has 0 atom stereocenters. The number of carbonyl (C=O) groups excluding carboxylic acids is 1. The van der Waals surface area contributed by atoms with Crippen molar-refractivity contribution >= 4 is 5.91 Å². The lowest BCUT2D eigenvalue weighted by molar-refractivity contribution is 0.0944. The van der Waals surface area contributed by atoms with Crippen LogP contribution < -0.4 is 10.6 Å². The fraction of sp³-hybridized carbons (Fsp3) is 0.462. The minimum Gasteiger partial charge on any atom is -0.352 e. The van der Waals surface area contributed by atoms with E-state index < -0.39 is 0 Å². The molecule has 1 aromatic carbocycles. The highest BCUT2D eigenvalue weighted by Crippen LogP contribution is 2.10. The molecule has 0 aromatic heterocycles. The molecule has 0 bridgehead atoms. The summed E-state index contributed by atoms with van der Waals surface area (Å²) in [6.45, 7) is 2.76. The van der Waals surface area contributed by atoms with Crippen molar-refractivity contribution in [1.29, 1.82) is 0 Å². The Hall–Kier alpha value is -1.42. The van der Waals surface area contributed by atoms with Crippen molar-refractivity contribution in [2.45, 2.75) is 12.8 Å². The smallest absolute Gasteiger partial charge is 0.251 e. The summed E-state index contributed by atoms with van der Waals surface area (Å²) >= 11 is 0. The lowest BCUT2D eigenvalue weighted by atomic mass is 9.98. The Kier molecular flexibility index (Phi) is 4.09. The Morgan fingerprint density at radius 3 is 2.59 bits per heavy atom. The molecule has 1 fully saturated rings. The molecule has 0 unspecified atom stereocenters. The van der Waals surface area contributed by atoms with E-state index >= 15 is 0 Å². The third-order valence-corrected chi connectivity index (χ3v) is 3.12. The lowest BCUT2D eigenvalue weighted by Crippen LogP contribution is -2.35. The van der Waals surface area contributed by atoms with Gasteiger partial charge in [-0.1, -0.05) is 0 Å². The highest BCUT2D eigenvalue weighted by atomic mass is 19.1. The summed E-state index contributed by atoms with van der Waals surface area (Å²) in [7, 11) is 0. The van der Waals surface area contributed by atoms with Crippen molar-refractivity contribution in [2.75, 3.05) is 19.6 Å². The van der Waals surface area contributed by atoms with Crippen molar-refractivity contribution < 1.29 is 9.18 Å². The van der Waals surface area contributed by atoms with E-state index in [1.54, 1.807) is 0 Å². The molecule has 2 rings (SSSR count). The zero-order valence-electron chi connectivity index (χ0n) is 9.71. The Balaban J connectivity index is 1.82.